The van der Waals surface area contributed by atoms with Crippen molar-refractivity contribution in [3.05, 3.63) is 60.2 Å². The number of rotatable bonds is 7. The molecule has 0 spiro atoms. The Morgan fingerprint density at radius 3 is 2.41 bits per heavy atom. The second-order valence-corrected chi connectivity index (χ2v) is 7.48. The van der Waals surface area contributed by atoms with Gasteiger partial charge in [0.05, 0.1) is 19.7 Å². The molecule has 1 fully saturated rings. The Morgan fingerprint density at radius 2 is 1.78 bits per heavy atom. The summed E-state index contributed by atoms with van der Waals surface area (Å²) in [6.45, 7) is -0.532. The van der Waals surface area contributed by atoms with Gasteiger partial charge in [-0.2, -0.15) is 0 Å². The van der Waals surface area contributed by atoms with Crippen molar-refractivity contribution in [3.8, 4) is 5.75 Å². The first-order valence-electron chi connectivity index (χ1n) is 8.10. The molecule has 2 amide bonds. The van der Waals surface area contributed by atoms with E-state index in [2.05, 4.69) is 4.72 Å². The zero-order valence-corrected chi connectivity index (χ0v) is 15.3. The van der Waals surface area contributed by atoms with Crippen LogP contribution in [0.3, 0.4) is 0 Å². The summed E-state index contributed by atoms with van der Waals surface area (Å²) in [5, 5.41) is 0. The molecule has 2 aromatic rings. The lowest BCUT2D eigenvalue weighted by Crippen LogP contribution is -2.40. The maximum absolute atomic E-state index is 12.9. The van der Waals surface area contributed by atoms with Gasteiger partial charge in [-0.05, 0) is 17.7 Å². The second kappa shape index (κ2) is 7.77. The van der Waals surface area contributed by atoms with E-state index in [1.54, 1.807) is 42.5 Å². The predicted molar refractivity (Wildman–Crippen MR) is 95.6 cm³/mol. The number of sulfonamides is 1. The molecule has 0 aliphatic carbocycles. The second-order valence-electron chi connectivity index (χ2n) is 5.79. The van der Waals surface area contributed by atoms with Crippen LogP contribution in [-0.2, 0) is 19.6 Å². The van der Waals surface area contributed by atoms with E-state index in [0.717, 1.165) is 4.90 Å². The molecular weight excluding hydrogens is 372 g/mol. The SMILES string of the molecule is COc1ccccc1S(=O)(=O)NC(CN1C(=O)COC1=O)c1ccccc1. The smallest absolute Gasteiger partial charge is 0.417 e. The van der Waals surface area contributed by atoms with Gasteiger partial charge in [0, 0.05) is 0 Å². The number of para-hydroxylation sites is 1. The molecule has 3 rings (SSSR count). The van der Waals surface area contributed by atoms with Crippen LogP contribution in [0.2, 0.25) is 0 Å². The summed E-state index contributed by atoms with van der Waals surface area (Å²) in [5.41, 5.74) is 0.600. The van der Waals surface area contributed by atoms with E-state index in [0.29, 0.717) is 5.56 Å². The molecule has 9 heteroatoms. The van der Waals surface area contributed by atoms with Gasteiger partial charge in [0.15, 0.2) is 6.61 Å². The topological polar surface area (TPSA) is 102 Å². The molecule has 1 atom stereocenters. The third kappa shape index (κ3) is 4.09. The highest BCUT2D eigenvalue weighted by Gasteiger charge is 2.35. The number of methoxy groups -OCH3 is 1. The lowest BCUT2D eigenvalue weighted by atomic mass is 10.1. The summed E-state index contributed by atoms with van der Waals surface area (Å²) >= 11 is 0. The number of imide groups is 1. The van der Waals surface area contributed by atoms with Gasteiger partial charge in [0.1, 0.15) is 10.6 Å². The molecule has 1 unspecified atom stereocenters. The van der Waals surface area contributed by atoms with E-state index in [-0.39, 0.29) is 23.8 Å². The average Bonchev–Trinajstić information content (AvgIpc) is 3.00. The molecule has 0 bridgehead atoms. The molecule has 1 aliphatic heterocycles. The molecule has 0 aromatic heterocycles. The van der Waals surface area contributed by atoms with Crippen molar-refractivity contribution in [1.29, 1.82) is 0 Å². The number of hydrogen-bond donors (Lipinski definition) is 1. The lowest BCUT2D eigenvalue weighted by Gasteiger charge is -2.23. The molecule has 1 saturated heterocycles. The Bertz CT molecular complexity index is 929. The number of cyclic esters (lactones) is 1. The highest BCUT2D eigenvalue weighted by Crippen LogP contribution is 2.26. The van der Waals surface area contributed by atoms with E-state index in [1.807, 2.05) is 0 Å². The number of amides is 2. The number of ether oxygens (including phenoxy) is 2. The fourth-order valence-electron chi connectivity index (χ4n) is 2.73. The normalized spacial score (nSPS) is 15.5. The van der Waals surface area contributed by atoms with Crippen LogP contribution in [0.25, 0.3) is 0 Å². The number of carbonyl (C=O) groups excluding carboxylic acids is 2. The lowest BCUT2D eigenvalue weighted by molar-refractivity contribution is -0.126. The van der Waals surface area contributed by atoms with Crippen molar-refractivity contribution >= 4 is 22.0 Å². The van der Waals surface area contributed by atoms with E-state index >= 15 is 0 Å². The highest BCUT2D eigenvalue weighted by molar-refractivity contribution is 7.89. The van der Waals surface area contributed by atoms with E-state index in [9.17, 15) is 18.0 Å². The fourth-order valence-corrected chi connectivity index (χ4v) is 4.11. The first kappa shape index (κ1) is 18.9. The molecule has 142 valence electrons. The van der Waals surface area contributed by atoms with E-state index in [1.165, 1.54) is 19.2 Å². The summed E-state index contributed by atoms with van der Waals surface area (Å²) in [7, 11) is -2.62. The Morgan fingerprint density at radius 1 is 1.11 bits per heavy atom. The van der Waals surface area contributed by atoms with Gasteiger partial charge < -0.3 is 9.47 Å². The first-order valence-corrected chi connectivity index (χ1v) is 9.58. The van der Waals surface area contributed by atoms with Gasteiger partial charge in [0.25, 0.3) is 5.91 Å². The number of nitrogens with zero attached hydrogens (tertiary/aromatic N) is 1. The Hall–Kier alpha value is -2.91. The van der Waals surface area contributed by atoms with Crippen LogP contribution < -0.4 is 9.46 Å². The maximum atomic E-state index is 12.9. The van der Waals surface area contributed by atoms with Crippen LogP contribution in [0.15, 0.2) is 59.5 Å². The minimum absolute atomic E-state index is 0.0382. The molecular formula is C18H18N2O6S. The molecule has 8 nitrogen and oxygen atoms in total. The minimum atomic E-state index is -3.99. The summed E-state index contributed by atoms with van der Waals surface area (Å²) in [6.07, 6.45) is -0.794. The highest BCUT2D eigenvalue weighted by atomic mass is 32.2. The zero-order valence-electron chi connectivity index (χ0n) is 14.5. The van der Waals surface area contributed by atoms with Gasteiger partial charge >= 0.3 is 6.09 Å². The van der Waals surface area contributed by atoms with Crippen molar-refractivity contribution in [2.24, 2.45) is 0 Å². The number of nitrogens with one attached hydrogen (secondary N) is 1. The standard InChI is InChI=1S/C18H18N2O6S/c1-25-15-9-5-6-10-16(15)27(23,24)19-14(13-7-3-2-4-8-13)11-20-17(21)12-26-18(20)22/h2-10,14,19H,11-12H2,1H3. The van der Waals surface area contributed by atoms with Crippen LogP contribution >= 0.6 is 0 Å². The number of benzene rings is 2. The molecule has 27 heavy (non-hydrogen) atoms. The van der Waals surface area contributed by atoms with Crippen molar-refractivity contribution in [2.75, 3.05) is 20.3 Å². The number of carbonyl (C=O) groups is 2. The van der Waals surface area contributed by atoms with Crippen LogP contribution in [0.5, 0.6) is 5.75 Å². The van der Waals surface area contributed by atoms with Gasteiger partial charge in [-0.25, -0.2) is 22.8 Å². The Kier molecular flexibility index (Phi) is 5.43. The largest absolute Gasteiger partial charge is 0.495 e. The third-order valence-electron chi connectivity index (χ3n) is 4.06. The molecule has 0 radical (unpaired) electrons. The maximum Gasteiger partial charge on any atom is 0.417 e. The van der Waals surface area contributed by atoms with Gasteiger partial charge in [-0.15, -0.1) is 0 Å². The predicted octanol–water partition coefficient (Wildman–Crippen LogP) is 1.69. The van der Waals surface area contributed by atoms with E-state index in [4.69, 9.17) is 9.47 Å². The summed E-state index contributed by atoms with van der Waals surface area (Å²) < 4.78 is 38.2. The third-order valence-corrected chi connectivity index (χ3v) is 5.57. The molecule has 1 N–H and O–H groups in total. The van der Waals surface area contributed by atoms with E-state index < -0.39 is 28.1 Å². The van der Waals surface area contributed by atoms with Crippen LogP contribution in [-0.4, -0.2) is 45.6 Å². The zero-order chi connectivity index (χ0) is 19.4. The van der Waals surface area contributed by atoms with Crippen molar-refractivity contribution in [1.82, 2.24) is 9.62 Å². The fraction of sp³-hybridized carbons (Fsp3) is 0.222. The van der Waals surface area contributed by atoms with Crippen molar-refractivity contribution in [3.63, 3.8) is 0 Å². The summed E-state index contributed by atoms with van der Waals surface area (Å²) in [5.74, 6) is -0.328. The van der Waals surface area contributed by atoms with Crippen LogP contribution in [0.4, 0.5) is 4.79 Å². The first-order chi connectivity index (χ1) is 12.9. The van der Waals surface area contributed by atoms with Gasteiger partial charge in [0.2, 0.25) is 10.0 Å². The summed E-state index contributed by atoms with van der Waals surface area (Å²) in [4.78, 5) is 24.5. The molecule has 2 aromatic carbocycles. The van der Waals surface area contributed by atoms with Crippen molar-refractivity contribution < 1.29 is 27.5 Å². The Balaban J connectivity index is 1.94. The van der Waals surface area contributed by atoms with Gasteiger partial charge in [-0.1, -0.05) is 42.5 Å². The molecule has 1 aliphatic rings. The number of hydrogen-bond acceptors (Lipinski definition) is 6. The minimum Gasteiger partial charge on any atom is -0.495 e. The monoisotopic (exact) mass is 390 g/mol. The molecule has 0 saturated carbocycles. The average molecular weight is 390 g/mol. The summed E-state index contributed by atoms with van der Waals surface area (Å²) in [6, 6.07) is 14.0. The molecule has 1 heterocycles. The van der Waals surface area contributed by atoms with Crippen LogP contribution in [0.1, 0.15) is 11.6 Å². The quantitative estimate of drug-likeness (QED) is 0.772. The van der Waals surface area contributed by atoms with Crippen molar-refractivity contribution in [2.45, 2.75) is 10.9 Å². The Labute approximate surface area is 156 Å². The van der Waals surface area contributed by atoms with Gasteiger partial charge in [-0.3, -0.25) is 4.79 Å². The van der Waals surface area contributed by atoms with Crippen LogP contribution in [0, 0.1) is 0 Å².